The standard InChI is InChI=1S/C21H27N3O2/c1-15-12-16(2)21(17(3)13-15)23-20(26)14-24(4)11-10-19(25)22-18-8-6-5-7-9-18/h5-9,12-13H,10-11,14H2,1-4H3,(H,22,25)(H,23,26). The number of likely N-dealkylation sites (N-methyl/N-ethyl adjacent to an activating group) is 1. The largest absolute Gasteiger partial charge is 0.326 e. The van der Waals surface area contributed by atoms with Crippen molar-refractivity contribution in [3.8, 4) is 0 Å². The van der Waals surface area contributed by atoms with Gasteiger partial charge >= 0.3 is 0 Å². The lowest BCUT2D eigenvalue weighted by atomic mass is 10.1. The second kappa shape index (κ2) is 9.15. The quantitative estimate of drug-likeness (QED) is 0.801. The van der Waals surface area contributed by atoms with Crippen LogP contribution in [0.5, 0.6) is 0 Å². The summed E-state index contributed by atoms with van der Waals surface area (Å²) in [6.07, 6.45) is 0.335. The summed E-state index contributed by atoms with van der Waals surface area (Å²) in [6, 6.07) is 13.5. The van der Waals surface area contributed by atoms with Gasteiger partial charge in [-0.05, 0) is 51.1 Å². The van der Waals surface area contributed by atoms with Crippen LogP contribution in [0.15, 0.2) is 42.5 Å². The van der Waals surface area contributed by atoms with Crippen molar-refractivity contribution < 1.29 is 9.59 Å². The van der Waals surface area contributed by atoms with Crippen LogP contribution >= 0.6 is 0 Å². The Balaban J connectivity index is 1.79. The number of hydrogen-bond acceptors (Lipinski definition) is 3. The lowest BCUT2D eigenvalue weighted by Crippen LogP contribution is -2.32. The highest BCUT2D eigenvalue weighted by Crippen LogP contribution is 2.21. The van der Waals surface area contributed by atoms with Crippen molar-refractivity contribution in [2.75, 3.05) is 30.8 Å². The van der Waals surface area contributed by atoms with Gasteiger partial charge < -0.3 is 10.6 Å². The van der Waals surface area contributed by atoms with Gasteiger partial charge in [0.25, 0.3) is 0 Å². The Bertz CT molecular complexity index is 749. The number of anilines is 2. The third kappa shape index (κ3) is 6.01. The minimum atomic E-state index is -0.0778. The number of rotatable bonds is 7. The van der Waals surface area contributed by atoms with Crippen LogP contribution in [0.25, 0.3) is 0 Å². The van der Waals surface area contributed by atoms with Gasteiger partial charge in [0.15, 0.2) is 0 Å². The summed E-state index contributed by atoms with van der Waals surface area (Å²) >= 11 is 0. The maximum Gasteiger partial charge on any atom is 0.238 e. The van der Waals surface area contributed by atoms with E-state index in [2.05, 4.69) is 22.8 Å². The van der Waals surface area contributed by atoms with Crippen molar-refractivity contribution in [1.82, 2.24) is 4.90 Å². The number of carbonyl (C=O) groups is 2. The fourth-order valence-corrected chi connectivity index (χ4v) is 2.92. The van der Waals surface area contributed by atoms with Crippen LogP contribution in [-0.4, -0.2) is 36.9 Å². The number of hydrogen-bond donors (Lipinski definition) is 2. The van der Waals surface area contributed by atoms with Crippen LogP contribution in [-0.2, 0) is 9.59 Å². The van der Waals surface area contributed by atoms with E-state index < -0.39 is 0 Å². The van der Waals surface area contributed by atoms with Crippen molar-refractivity contribution in [3.05, 3.63) is 59.2 Å². The molecule has 0 radical (unpaired) electrons. The number of nitrogens with zero attached hydrogens (tertiary/aromatic N) is 1. The molecule has 0 fully saturated rings. The molecule has 0 aliphatic rings. The number of aryl methyl sites for hydroxylation is 3. The molecule has 0 bridgehead atoms. The predicted octanol–water partition coefficient (Wildman–Crippen LogP) is 3.51. The highest BCUT2D eigenvalue weighted by Gasteiger charge is 2.12. The molecule has 2 aromatic carbocycles. The Morgan fingerprint density at radius 3 is 2.15 bits per heavy atom. The molecule has 2 aromatic rings. The Morgan fingerprint density at radius 1 is 0.923 bits per heavy atom. The van der Waals surface area contributed by atoms with E-state index in [0.717, 1.165) is 22.5 Å². The first-order chi connectivity index (χ1) is 12.3. The van der Waals surface area contributed by atoms with Crippen molar-refractivity contribution in [3.63, 3.8) is 0 Å². The summed E-state index contributed by atoms with van der Waals surface area (Å²) in [5.41, 5.74) is 4.94. The number of amides is 2. The fourth-order valence-electron chi connectivity index (χ4n) is 2.92. The first kappa shape index (κ1) is 19.7. The van der Waals surface area contributed by atoms with Gasteiger partial charge in [-0.2, -0.15) is 0 Å². The number of benzene rings is 2. The van der Waals surface area contributed by atoms with Gasteiger partial charge in [-0.1, -0.05) is 35.9 Å². The van der Waals surface area contributed by atoms with Gasteiger partial charge in [0.1, 0.15) is 0 Å². The smallest absolute Gasteiger partial charge is 0.238 e. The highest BCUT2D eigenvalue weighted by atomic mass is 16.2. The molecule has 2 N–H and O–H groups in total. The molecular weight excluding hydrogens is 326 g/mol. The second-order valence-corrected chi connectivity index (χ2v) is 6.72. The first-order valence-corrected chi connectivity index (χ1v) is 8.76. The summed E-state index contributed by atoms with van der Waals surface area (Å²) in [7, 11) is 1.84. The van der Waals surface area contributed by atoms with Gasteiger partial charge in [0.05, 0.1) is 6.54 Å². The van der Waals surface area contributed by atoms with Crippen molar-refractivity contribution in [2.24, 2.45) is 0 Å². The molecule has 0 aromatic heterocycles. The minimum Gasteiger partial charge on any atom is -0.326 e. The molecule has 26 heavy (non-hydrogen) atoms. The topological polar surface area (TPSA) is 61.4 Å². The van der Waals surface area contributed by atoms with E-state index in [9.17, 15) is 9.59 Å². The van der Waals surface area contributed by atoms with Gasteiger partial charge in [-0.15, -0.1) is 0 Å². The molecule has 0 atom stereocenters. The summed E-state index contributed by atoms with van der Waals surface area (Å²) < 4.78 is 0. The summed E-state index contributed by atoms with van der Waals surface area (Å²) in [4.78, 5) is 26.1. The Labute approximate surface area is 155 Å². The Hall–Kier alpha value is -2.66. The molecular formula is C21H27N3O2. The number of para-hydroxylation sites is 1. The average Bonchev–Trinajstić information content (AvgIpc) is 2.57. The zero-order valence-corrected chi connectivity index (χ0v) is 15.9. The molecule has 0 heterocycles. The van der Waals surface area contributed by atoms with Crippen LogP contribution in [0.2, 0.25) is 0 Å². The Morgan fingerprint density at radius 2 is 1.54 bits per heavy atom. The maximum atomic E-state index is 12.3. The monoisotopic (exact) mass is 353 g/mol. The van der Waals surface area contributed by atoms with E-state index in [1.165, 1.54) is 5.56 Å². The summed E-state index contributed by atoms with van der Waals surface area (Å²) in [5, 5.41) is 5.83. The molecule has 5 heteroatoms. The predicted molar refractivity (Wildman–Crippen MR) is 106 cm³/mol. The molecule has 138 valence electrons. The van der Waals surface area contributed by atoms with Crippen molar-refractivity contribution >= 4 is 23.2 Å². The Kier molecular flexibility index (Phi) is 6.92. The molecule has 5 nitrogen and oxygen atoms in total. The molecule has 2 rings (SSSR count). The number of carbonyl (C=O) groups excluding carboxylic acids is 2. The van der Waals surface area contributed by atoms with Crippen LogP contribution in [0.4, 0.5) is 11.4 Å². The fraction of sp³-hybridized carbons (Fsp3) is 0.333. The molecule has 0 unspecified atom stereocenters. The average molecular weight is 353 g/mol. The van der Waals surface area contributed by atoms with E-state index >= 15 is 0 Å². The normalized spacial score (nSPS) is 10.7. The van der Waals surface area contributed by atoms with Gasteiger partial charge in [-0.25, -0.2) is 0 Å². The molecule has 0 saturated carbocycles. The van der Waals surface area contributed by atoms with Crippen LogP contribution in [0.1, 0.15) is 23.1 Å². The zero-order chi connectivity index (χ0) is 19.1. The van der Waals surface area contributed by atoms with E-state index in [1.807, 2.05) is 63.1 Å². The maximum absolute atomic E-state index is 12.3. The van der Waals surface area contributed by atoms with Gasteiger partial charge in [0, 0.05) is 24.3 Å². The van der Waals surface area contributed by atoms with E-state index in [0.29, 0.717) is 13.0 Å². The lowest BCUT2D eigenvalue weighted by molar-refractivity contribution is -0.119. The number of nitrogens with one attached hydrogen (secondary N) is 2. The molecule has 0 aliphatic heterocycles. The first-order valence-electron chi connectivity index (χ1n) is 8.76. The highest BCUT2D eigenvalue weighted by molar-refractivity contribution is 5.94. The summed E-state index contributed by atoms with van der Waals surface area (Å²) in [6.45, 7) is 6.78. The lowest BCUT2D eigenvalue weighted by Gasteiger charge is -2.18. The molecule has 0 aliphatic carbocycles. The zero-order valence-electron chi connectivity index (χ0n) is 15.9. The van der Waals surface area contributed by atoms with Crippen LogP contribution in [0.3, 0.4) is 0 Å². The van der Waals surface area contributed by atoms with E-state index in [-0.39, 0.29) is 18.4 Å². The summed E-state index contributed by atoms with van der Waals surface area (Å²) in [5.74, 6) is -0.139. The van der Waals surface area contributed by atoms with Gasteiger partial charge in [-0.3, -0.25) is 14.5 Å². The minimum absolute atomic E-state index is 0.0614. The molecule has 0 spiro atoms. The third-order valence-electron chi connectivity index (χ3n) is 4.13. The SMILES string of the molecule is Cc1cc(C)c(NC(=O)CN(C)CCC(=O)Nc2ccccc2)c(C)c1. The van der Waals surface area contributed by atoms with E-state index in [1.54, 1.807) is 0 Å². The second-order valence-electron chi connectivity index (χ2n) is 6.72. The van der Waals surface area contributed by atoms with Crippen molar-refractivity contribution in [2.45, 2.75) is 27.2 Å². The third-order valence-corrected chi connectivity index (χ3v) is 4.13. The molecule has 2 amide bonds. The van der Waals surface area contributed by atoms with E-state index in [4.69, 9.17) is 0 Å². The van der Waals surface area contributed by atoms with Crippen LogP contribution < -0.4 is 10.6 Å². The van der Waals surface area contributed by atoms with Gasteiger partial charge in [0.2, 0.25) is 11.8 Å². The van der Waals surface area contributed by atoms with Crippen molar-refractivity contribution in [1.29, 1.82) is 0 Å². The molecule has 0 saturated heterocycles. The van der Waals surface area contributed by atoms with Crippen LogP contribution in [0, 0.1) is 20.8 Å².